The molecule has 10 heteroatoms. The highest BCUT2D eigenvalue weighted by molar-refractivity contribution is 7.89. The molecule has 2 amide bonds. The minimum atomic E-state index is -3.60. The van der Waals surface area contributed by atoms with Gasteiger partial charge in [-0.15, -0.1) is 0 Å². The van der Waals surface area contributed by atoms with Crippen LogP contribution in [0.15, 0.2) is 29.2 Å². The van der Waals surface area contributed by atoms with Crippen LogP contribution in [-0.4, -0.2) is 75.3 Å². The lowest BCUT2D eigenvalue weighted by atomic mass is 10.3. The Morgan fingerprint density at radius 1 is 1.12 bits per heavy atom. The van der Waals surface area contributed by atoms with Crippen LogP contribution in [-0.2, 0) is 19.6 Å². The van der Waals surface area contributed by atoms with Crippen molar-refractivity contribution < 1.29 is 18.0 Å². The lowest BCUT2D eigenvalue weighted by Crippen LogP contribution is -2.51. The van der Waals surface area contributed by atoms with Gasteiger partial charge in [-0.3, -0.25) is 14.5 Å². The number of halogens is 1. The average Bonchev–Trinajstić information content (AvgIpc) is 2.61. The minimum absolute atomic E-state index is 0.0597. The summed E-state index contributed by atoms with van der Waals surface area (Å²) in [4.78, 5) is 25.2. The number of likely N-dealkylation sites (N-methyl/N-ethyl adjacent to an activating group) is 1. The van der Waals surface area contributed by atoms with Gasteiger partial charge in [-0.05, 0) is 25.1 Å². The van der Waals surface area contributed by atoms with Crippen LogP contribution in [0.25, 0.3) is 0 Å². The molecule has 0 unspecified atom stereocenters. The molecule has 8 nitrogen and oxygen atoms in total. The van der Waals surface area contributed by atoms with Crippen LogP contribution in [0, 0.1) is 0 Å². The first kappa shape index (κ1) is 20.6. The number of piperazine rings is 1. The molecule has 0 saturated carbocycles. The summed E-state index contributed by atoms with van der Waals surface area (Å²) in [6.07, 6.45) is 0. The van der Waals surface area contributed by atoms with E-state index in [1.807, 2.05) is 4.90 Å². The monoisotopic (exact) mass is 402 g/mol. The maximum Gasteiger partial charge on any atom is 0.243 e. The van der Waals surface area contributed by atoms with Crippen LogP contribution < -0.4 is 10.6 Å². The molecule has 144 valence electrons. The number of sulfonamides is 1. The van der Waals surface area contributed by atoms with Crippen molar-refractivity contribution >= 4 is 33.4 Å². The van der Waals surface area contributed by atoms with Crippen molar-refractivity contribution in [1.29, 1.82) is 0 Å². The summed E-state index contributed by atoms with van der Waals surface area (Å²) in [5.74, 6) is -0.499. The fourth-order valence-corrected chi connectivity index (χ4v) is 4.33. The Bertz CT molecular complexity index is 748. The number of carbonyl (C=O) groups excluding carboxylic acids is 2. The van der Waals surface area contributed by atoms with Crippen LogP contribution in [0.2, 0.25) is 5.02 Å². The van der Waals surface area contributed by atoms with Crippen LogP contribution in [0.1, 0.15) is 6.92 Å². The molecule has 1 aliphatic rings. The third kappa shape index (κ3) is 5.66. The van der Waals surface area contributed by atoms with Crippen molar-refractivity contribution in [1.82, 2.24) is 19.8 Å². The molecule has 0 bridgehead atoms. The predicted molar refractivity (Wildman–Crippen MR) is 98.3 cm³/mol. The number of carbonyl (C=O) groups is 2. The average molecular weight is 403 g/mol. The first-order valence-electron chi connectivity index (χ1n) is 8.34. The smallest absolute Gasteiger partial charge is 0.243 e. The molecule has 0 aromatic heterocycles. The van der Waals surface area contributed by atoms with Crippen molar-refractivity contribution in [2.75, 3.05) is 45.8 Å². The van der Waals surface area contributed by atoms with Gasteiger partial charge in [0.1, 0.15) is 0 Å². The number of rotatable bonds is 7. The van der Waals surface area contributed by atoms with Gasteiger partial charge in [-0.1, -0.05) is 17.7 Å². The van der Waals surface area contributed by atoms with Crippen LogP contribution >= 0.6 is 11.6 Å². The molecule has 0 atom stereocenters. The van der Waals surface area contributed by atoms with E-state index in [4.69, 9.17) is 11.6 Å². The standard InChI is InChI=1S/C16H23ClN4O4S/c1-2-18-15(22)11-19-16(23)12-20-6-8-21(9-7-20)26(24,25)14-5-3-4-13(17)10-14/h3-5,10H,2,6-9,11-12H2,1H3,(H,18,22)(H,19,23). The molecule has 2 rings (SSSR count). The maximum atomic E-state index is 12.6. The van der Waals surface area contributed by atoms with Gasteiger partial charge in [-0.2, -0.15) is 4.31 Å². The van der Waals surface area contributed by atoms with Gasteiger partial charge in [0.05, 0.1) is 18.0 Å². The zero-order valence-corrected chi connectivity index (χ0v) is 16.1. The summed E-state index contributed by atoms with van der Waals surface area (Å²) in [7, 11) is -3.60. The first-order valence-corrected chi connectivity index (χ1v) is 10.2. The highest BCUT2D eigenvalue weighted by atomic mass is 35.5. The second kappa shape index (κ2) is 9.31. The molecule has 1 aromatic rings. The molecule has 1 aromatic carbocycles. The van der Waals surface area contributed by atoms with E-state index in [-0.39, 0.29) is 29.8 Å². The Kier molecular flexibility index (Phi) is 7.39. The molecule has 0 spiro atoms. The van der Waals surface area contributed by atoms with Gasteiger partial charge in [0.25, 0.3) is 0 Å². The van der Waals surface area contributed by atoms with Crippen molar-refractivity contribution in [2.24, 2.45) is 0 Å². The molecule has 1 fully saturated rings. The van der Waals surface area contributed by atoms with Crippen molar-refractivity contribution in [3.63, 3.8) is 0 Å². The van der Waals surface area contributed by atoms with E-state index in [0.29, 0.717) is 37.7 Å². The second-order valence-electron chi connectivity index (χ2n) is 5.87. The highest BCUT2D eigenvalue weighted by Crippen LogP contribution is 2.20. The van der Waals surface area contributed by atoms with E-state index in [1.165, 1.54) is 16.4 Å². The number of nitrogens with one attached hydrogen (secondary N) is 2. The number of hydrogen-bond donors (Lipinski definition) is 2. The molecule has 0 aliphatic carbocycles. The van der Waals surface area contributed by atoms with Crippen LogP contribution in [0.4, 0.5) is 0 Å². The summed E-state index contributed by atoms with van der Waals surface area (Å²) in [5.41, 5.74) is 0. The summed E-state index contributed by atoms with van der Waals surface area (Å²) in [6.45, 7) is 3.84. The summed E-state index contributed by atoms with van der Waals surface area (Å²) in [5, 5.41) is 5.51. The molecule has 26 heavy (non-hydrogen) atoms. The predicted octanol–water partition coefficient (Wildman–Crippen LogP) is -0.101. The molecule has 1 heterocycles. The lowest BCUT2D eigenvalue weighted by Gasteiger charge is -2.33. The Hall–Kier alpha value is -1.68. The van der Waals surface area contributed by atoms with Crippen molar-refractivity contribution in [3.05, 3.63) is 29.3 Å². The van der Waals surface area contributed by atoms with Gasteiger partial charge < -0.3 is 10.6 Å². The molecular formula is C16H23ClN4O4S. The summed E-state index contributed by atoms with van der Waals surface area (Å²) in [6, 6.07) is 6.17. The summed E-state index contributed by atoms with van der Waals surface area (Å²) >= 11 is 5.88. The third-order valence-electron chi connectivity index (χ3n) is 3.95. The van der Waals surface area contributed by atoms with Crippen molar-refractivity contribution in [3.8, 4) is 0 Å². The van der Waals surface area contributed by atoms with Gasteiger partial charge >= 0.3 is 0 Å². The SMILES string of the molecule is CCNC(=O)CNC(=O)CN1CCN(S(=O)(=O)c2cccc(Cl)c2)CC1. The van der Waals surface area contributed by atoms with E-state index < -0.39 is 10.0 Å². The van der Waals surface area contributed by atoms with E-state index in [2.05, 4.69) is 10.6 Å². The maximum absolute atomic E-state index is 12.6. The number of amides is 2. The number of hydrogen-bond acceptors (Lipinski definition) is 5. The molecule has 2 N–H and O–H groups in total. The molecular weight excluding hydrogens is 380 g/mol. The number of nitrogens with zero attached hydrogens (tertiary/aromatic N) is 2. The second-order valence-corrected chi connectivity index (χ2v) is 8.24. The Balaban J connectivity index is 1.83. The van der Waals surface area contributed by atoms with Gasteiger partial charge in [-0.25, -0.2) is 8.42 Å². The highest BCUT2D eigenvalue weighted by Gasteiger charge is 2.29. The molecule has 1 aliphatic heterocycles. The minimum Gasteiger partial charge on any atom is -0.355 e. The fraction of sp³-hybridized carbons (Fsp3) is 0.500. The molecule has 0 radical (unpaired) electrons. The Morgan fingerprint density at radius 3 is 2.42 bits per heavy atom. The van der Waals surface area contributed by atoms with Crippen LogP contribution in [0.5, 0.6) is 0 Å². The topological polar surface area (TPSA) is 98.8 Å². The van der Waals surface area contributed by atoms with Crippen LogP contribution in [0.3, 0.4) is 0 Å². The largest absolute Gasteiger partial charge is 0.355 e. The lowest BCUT2D eigenvalue weighted by molar-refractivity contribution is -0.126. The quantitative estimate of drug-likeness (QED) is 0.663. The van der Waals surface area contributed by atoms with E-state index in [1.54, 1.807) is 19.1 Å². The van der Waals surface area contributed by atoms with Gasteiger partial charge in [0.15, 0.2) is 0 Å². The van der Waals surface area contributed by atoms with Gasteiger partial charge in [0.2, 0.25) is 21.8 Å². The molecule has 1 saturated heterocycles. The van der Waals surface area contributed by atoms with E-state index >= 15 is 0 Å². The zero-order chi connectivity index (χ0) is 19.2. The summed E-state index contributed by atoms with van der Waals surface area (Å²) < 4.78 is 26.7. The zero-order valence-electron chi connectivity index (χ0n) is 14.6. The fourth-order valence-electron chi connectivity index (χ4n) is 2.60. The first-order chi connectivity index (χ1) is 12.3. The third-order valence-corrected chi connectivity index (χ3v) is 6.08. The Labute approximate surface area is 158 Å². The van der Waals surface area contributed by atoms with Gasteiger partial charge in [0, 0.05) is 37.7 Å². The normalized spacial score (nSPS) is 16.2. The van der Waals surface area contributed by atoms with E-state index in [0.717, 1.165) is 0 Å². The Morgan fingerprint density at radius 2 is 1.81 bits per heavy atom. The van der Waals surface area contributed by atoms with E-state index in [9.17, 15) is 18.0 Å². The van der Waals surface area contributed by atoms with Crippen molar-refractivity contribution in [2.45, 2.75) is 11.8 Å². The number of benzene rings is 1.